The van der Waals surface area contributed by atoms with Crippen LogP contribution < -0.4 is 0 Å². The number of hydrogen-bond acceptors (Lipinski definition) is 4. The summed E-state index contributed by atoms with van der Waals surface area (Å²) in [6.07, 6.45) is 10.1. The van der Waals surface area contributed by atoms with Crippen LogP contribution in [0.15, 0.2) is 6.33 Å². The summed E-state index contributed by atoms with van der Waals surface area (Å²) in [7, 11) is 0. The number of aromatic nitrogens is 2. The zero-order valence-electron chi connectivity index (χ0n) is 11.5. The van der Waals surface area contributed by atoms with Crippen molar-refractivity contribution in [3.8, 4) is 12.1 Å². The second-order valence-corrected chi connectivity index (χ2v) is 5.84. The predicted molar refractivity (Wildman–Crippen MR) is 71.6 cm³/mol. The highest BCUT2D eigenvalue weighted by atomic mass is 16.5. The highest BCUT2D eigenvalue weighted by Crippen LogP contribution is 2.42. The number of ether oxygens (including phenoxy) is 1. The van der Waals surface area contributed by atoms with Crippen molar-refractivity contribution in [2.45, 2.75) is 63.2 Å². The van der Waals surface area contributed by atoms with Gasteiger partial charge >= 0.3 is 0 Å². The first kappa shape index (κ1) is 13.1. The van der Waals surface area contributed by atoms with E-state index in [1.807, 2.05) is 6.07 Å². The molecule has 1 spiro atoms. The lowest BCUT2D eigenvalue weighted by Crippen LogP contribution is -2.32. The van der Waals surface area contributed by atoms with Crippen LogP contribution in [-0.2, 0) is 11.3 Å². The van der Waals surface area contributed by atoms with Crippen LogP contribution in [0.5, 0.6) is 0 Å². The predicted octanol–water partition coefficient (Wildman–Crippen LogP) is 2.51. The number of hydrogen-bond donors (Lipinski definition) is 0. The third-order valence-corrected chi connectivity index (χ3v) is 4.55. The van der Waals surface area contributed by atoms with E-state index < -0.39 is 0 Å². The first-order valence-corrected chi connectivity index (χ1v) is 7.29. The summed E-state index contributed by atoms with van der Waals surface area (Å²) >= 11 is 0. The number of rotatable bonds is 2. The van der Waals surface area contributed by atoms with Gasteiger partial charge in [-0.05, 0) is 25.7 Å². The summed E-state index contributed by atoms with van der Waals surface area (Å²) in [6.45, 7) is 0.624. The zero-order chi connectivity index (χ0) is 14.0. The molecule has 5 nitrogen and oxygen atoms in total. The SMILES string of the molecule is N#Cc1ncn(C[C@H]2CCC3(CCCCC3)O2)c1C#N. The summed E-state index contributed by atoms with van der Waals surface area (Å²) < 4.78 is 8.05. The van der Waals surface area contributed by atoms with E-state index >= 15 is 0 Å². The average Bonchev–Trinajstić information content (AvgIpc) is 3.04. The average molecular weight is 270 g/mol. The monoisotopic (exact) mass is 270 g/mol. The van der Waals surface area contributed by atoms with Crippen molar-refractivity contribution in [3.63, 3.8) is 0 Å². The van der Waals surface area contributed by atoms with Crippen molar-refractivity contribution in [1.29, 1.82) is 10.5 Å². The normalized spacial score (nSPS) is 24.4. The Morgan fingerprint density at radius 2 is 2.05 bits per heavy atom. The summed E-state index contributed by atoms with van der Waals surface area (Å²) in [5.74, 6) is 0. The fourth-order valence-corrected chi connectivity index (χ4v) is 3.53. The summed E-state index contributed by atoms with van der Waals surface area (Å²) in [4.78, 5) is 3.98. The van der Waals surface area contributed by atoms with Gasteiger partial charge in [0.1, 0.15) is 12.1 Å². The van der Waals surface area contributed by atoms with E-state index in [1.165, 1.54) is 32.1 Å². The van der Waals surface area contributed by atoms with Gasteiger partial charge in [-0.25, -0.2) is 4.98 Å². The third-order valence-electron chi connectivity index (χ3n) is 4.55. The van der Waals surface area contributed by atoms with Gasteiger partial charge in [0, 0.05) is 0 Å². The molecule has 2 fully saturated rings. The van der Waals surface area contributed by atoms with Gasteiger partial charge in [-0.3, -0.25) is 0 Å². The Morgan fingerprint density at radius 1 is 1.25 bits per heavy atom. The number of imidazole rings is 1. The van der Waals surface area contributed by atoms with Crippen molar-refractivity contribution in [2.24, 2.45) is 0 Å². The first-order valence-electron chi connectivity index (χ1n) is 7.29. The van der Waals surface area contributed by atoms with Crippen molar-refractivity contribution in [3.05, 3.63) is 17.7 Å². The third kappa shape index (κ3) is 2.30. The van der Waals surface area contributed by atoms with Crippen LogP contribution in [0.3, 0.4) is 0 Å². The maximum Gasteiger partial charge on any atom is 0.176 e. The maximum absolute atomic E-state index is 9.13. The van der Waals surface area contributed by atoms with Gasteiger partial charge in [0.2, 0.25) is 0 Å². The van der Waals surface area contributed by atoms with E-state index in [1.54, 1.807) is 10.9 Å². The van der Waals surface area contributed by atoms with E-state index in [4.69, 9.17) is 15.3 Å². The molecule has 1 aliphatic carbocycles. The molecule has 1 atom stereocenters. The van der Waals surface area contributed by atoms with E-state index in [0.29, 0.717) is 12.2 Å². The van der Waals surface area contributed by atoms with Crippen LogP contribution in [0.2, 0.25) is 0 Å². The van der Waals surface area contributed by atoms with Crippen molar-refractivity contribution < 1.29 is 4.74 Å². The van der Waals surface area contributed by atoms with Gasteiger partial charge in [-0.1, -0.05) is 19.3 Å². The van der Waals surface area contributed by atoms with Gasteiger partial charge in [-0.15, -0.1) is 0 Å². The van der Waals surface area contributed by atoms with Gasteiger partial charge < -0.3 is 9.30 Å². The molecule has 0 unspecified atom stereocenters. The summed E-state index contributed by atoms with van der Waals surface area (Å²) in [6, 6.07) is 4.02. The summed E-state index contributed by atoms with van der Waals surface area (Å²) in [5.41, 5.74) is 0.646. The van der Waals surface area contributed by atoms with Crippen LogP contribution >= 0.6 is 0 Å². The van der Waals surface area contributed by atoms with Crippen molar-refractivity contribution in [1.82, 2.24) is 9.55 Å². The fourth-order valence-electron chi connectivity index (χ4n) is 3.53. The molecule has 3 rings (SSSR count). The zero-order valence-corrected chi connectivity index (χ0v) is 11.5. The van der Waals surface area contributed by atoms with Crippen LogP contribution in [0.4, 0.5) is 0 Å². The maximum atomic E-state index is 9.13. The molecule has 1 saturated heterocycles. The largest absolute Gasteiger partial charge is 0.370 e. The number of nitrogens with zero attached hydrogens (tertiary/aromatic N) is 4. The molecule has 5 heteroatoms. The Morgan fingerprint density at radius 3 is 2.75 bits per heavy atom. The molecule has 0 amide bonds. The Bertz CT molecular complexity index is 572. The minimum Gasteiger partial charge on any atom is -0.370 e. The Kier molecular flexibility index (Phi) is 3.46. The minimum absolute atomic E-state index is 0.0916. The molecule has 0 N–H and O–H groups in total. The molecule has 104 valence electrons. The molecule has 2 aliphatic rings. The smallest absolute Gasteiger partial charge is 0.176 e. The van der Waals surface area contributed by atoms with Gasteiger partial charge in [-0.2, -0.15) is 10.5 Å². The van der Waals surface area contributed by atoms with E-state index in [-0.39, 0.29) is 17.4 Å². The Balaban J connectivity index is 1.69. The summed E-state index contributed by atoms with van der Waals surface area (Å²) in [5, 5.41) is 18.0. The lowest BCUT2D eigenvalue weighted by Gasteiger charge is -2.33. The molecule has 1 aliphatic heterocycles. The molecule has 1 saturated carbocycles. The lowest BCUT2D eigenvalue weighted by atomic mass is 9.83. The molecule has 1 aromatic rings. The van der Waals surface area contributed by atoms with Gasteiger partial charge in [0.05, 0.1) is 24.6 Å². The second-order valence-electron chi connectivity index (χ2n) is 5.84. The highest BCUT2D eigenvalue weighted by molar-refractivity contribution is 5.36. The highest BCUT2D eigenvalue weighted by Gasteiger charge is 2.40. The van der Waals surface area contributed by atoms with E-state index in [0.717, 1.165) is 12.8 Å². The van der Waals surface area contributed by atoms with Gasteiger partial charge in [0.15, 0.2) is 11.4 Å². The van der Waals surface area contributed by atoms with Crippen molar-refractivity contribution >= 4 is 0 Å². The van der Waals surface area contributed by atoms with Crippen LogP contribution in [0.1, 0.15) is 56.3 Å². The molecule has 0 radical (unpaired) electrons. The second kappa shape index (κ2) is 5.26. The first-order chi connectivity index (χ1) is 9.76. The minimum atomic E-state index is 0.0916. The van der Waals surface area contributed by atoms with E-state index in [9.17, 15) is 0 Å². The van der Waals surface area contributed by atoms with Gasteiger partial charge in [0.25, 0.3) is 0 Å². The van der Waals surface area contributed by atoms with Crippen molar-refractivity contribution in [2.75, 3.05) is 0 Å². The van der Waals surface area contributed by atoms with Crippen LogP contribution in [0, 0.1) is 22.7 Å². The molecular formula is C15H18N4O. The molecule has 0 bridgehead atoms. The molecule has 2 heterocycles. The Hall–Kier alpha value is -1.85. The quantitative estimate of drug-likeness (QED) is 0.827. The van der Waals surface area contributed by atoms with Crippen LogP contribution in [-0.4, -0.2) is 21.3 Å². The topological polar surface area (TPSA) is 74.6 Å². The fraction of sp³-hybridized carbons (Fsp3) is 0.667. The molecule has 0 aromatic carbocycles. The molecule has 1 aromatic heterocycles. The number of nitriles is 2. The van der Waals surface area contributed by atoms with Crippen LogP contribution in [0.25, 0.3) is 0 Å². The standard InChI is InChI=1S/C15H18N4O/c16-8-13-14(9-17)19(11-18-13)10-12-4-7-15(20-12)5-2-1-3-6-15/h11-12H,1-7,10H2/t12-/m1/s1. The van der Waals surface area contributed by atoms with E-state index in [2.05, 4.69) is 11.1 Å². The Labute approximate surface area is 118 Å². The lowest BCUT2D eigenvalue weighted by molar-refractivity contribution is -0.0680. The molecule has 20 heavy (non-hydrogen) atoms. The molecular weight excluding hydrogens is 252 g/mol.